The van der Waals surface area contributed by atoms with Gasteiger partial charge in [0.2, 0.25) is 0 Å². The molecule has 1 saturated heterocycles. The number of nitrogens with one attached hydrogen (secondary N) is 1. The fraction of sp³-hybridized carbons (Fsp3) is 0.692. The smallest absolute Gasteiger partial charge is 0.0599 e. The van der Waals surface area contributed by atoms with E-state index in [1.54, 1.807) is 12.4 Å². The molecule has 2 rings (SSSR count). The van der Waals surface area contributed by atoms with Gasteiger partial charge in [0.1, 0.15) is 0 Å². The number of likely N-dealkylation sites (N-methyl/N-ethyl adjacent to an activating group) is 1. The van der Waals surface area contributed by atoms with Crippen LogP contribution in [0.4, 0.5) is 0 Å². The predicted molar refractivity (Wildman–Crippen MR) is 68.8 cm³/mol. The zero-order valence-corrected chi connectivity index (χ0v) is 10.6. The van der Waals surface area contributed by atoms with Crippen LogP contribution in [0.1, 0.15) is 18.5 Å². The molecule has 17 heavy (non-hydrogen) atoms. The zero-order valence-electron chi connectivity index (χ0n) is 10.6. The summed E-state index contributed by atoms with van der Waals surface area (Å²) in [6.07, 6.45) is 8.98. The van der Waals surface area contributed by atoms with Crippen molar-refractivity contribution in [1.82, 2.24) is 20.2 Å². The maximum atomic E-state index is 4.30. The highest BCUT2D eigenvalue weighted by atomic mass is 15.1. The van der Waals surface area contributed by atoms with Gasteiger partial charge in [-0.05, 0) is 38.9 Å². The SMILES string of the molecule is CN(CCc1cnccn1)CC1CCNCC1. The average Bonchev–Trinajstić information content (AvgIpc) is 2.39. The quantitative estimate of drug-likeness (QED) is 0.823. The number of piperidine rings is 1. The third-order valence-electron chi connectivity index (χ3n) is 3.39. The van der Waals surface area contributed by atoms with Gasteiger partial charge in [-0.1, -0.05) is 0 Å². The van der Waals surface area contributed by atoms with Crippen molar-refractivity contribution < 1.29 is 0 Å². The van der Waals surface area contributed by atoms with Crippen LogP contribution in [0.25, 0.3) is 0 Å². The first-order valence-electron chi connectivity index (χ1n) is 6.49. The van der Waals surface area contributed by atoms with Crippen molar-refractivity contribution in [2.45, 2.75) is 19.3 Å². The van der Waals surface area contributed by atoms with Crippen molar-refractivity contribution in [3.63, 3.8) is 0 Å². The van der Waals surface area contributed by atoms with Gasteiger partial charge < -0.3 is 10.2 Å². The Kier molecular flexibility index (Phi) is 4.88. The molecule has 1 aliphatic rings. The van der Waals surface area contributed by atoms with E-state index >= 15 is 0 Å². The summed E-state index contributed by atoms with van der Waals surface area (Å²) in [5.41, 5.74) is 1.09. The first-order chi connectivity index (χ1) is 8.34. The lowest BCUT2D eigenvalue weighted by Gasteiger charge is -2.27. The van der Waals surface area contributed by atoms with Crippen LogP contribution in [0, 0.1) is 5.92 Å². The molecule has 0 saturated carbocycles. The second kappa shape index (κ2) is 6.67. The number of rotatable bonds is 5. The lowest BCUT2D eigenvalue weighted by molar-refractivity contribution is 0.242. The summed E-state index contributed by atoms with van der Waals surface area (Å²) in [6.45, 7) is 4.65. The van der Waals surface area contributed by atoms with Crippen LogP contribution >= 0.6 is 0 Å². The van der Waals surface area contributed by atoms with Crippen molar-refractivity contribution in [3.05, 3.63) is 24.3 Å². The van der Waals surface area contributed by atoms with Crippen LogP contribution < -0.4 is 5.32 Å². The Labute approximate surface area is 103 Å². The highest BCUT2D eigenvalue weighted by Crippen LogP contribution is 2.12. The number of hydrogen-bond acceptors (Lipinski definition) is 4. The van der Waals surface area contributed by atoms with Crippen LogP contribution in [-0.2, 0) is 6.42 Å². The minimum atomic E-state index is 0.864. The molecule has 1 aromatic heterocycles. The third-order valence-corrected chi connectivity index (χ3v) is 3.39. The number of aromatic nitrogens is 2. The normalized spacial score (nSPS) is 17.5. The third kappa shape index (κ3) is 4.40. The van der Waals surface area contributed by atoms with E-state index in [1.165, 1.54) is 32.5 Å². The van der Waals surface area contributed by atoms with Crippen LogP contribution in [0.3, 0.4) is 0 Å². The molecule has 0 amide bonds. The number of nitrogens with zero attached hydrogens (tertiary/aromatic N) is 3. The highest BCUT2D eigenvalue weighted by molar-refractivity contribution is 4.95. The number of hydrogen-bond donors (Lipinski definition) is 1. The second-order valence-electron chi connectivity index (χ2n) is 4.90. The largest absolute Gasteiger partial charge is 0.317 e. The van der Waals surface area contributed by atoms with E-state index in [-0.39, 0.29) is 0 Å². The van der Waals surface area contributed by atoms with Crippen molar-refractivity contribution in [3.8, 4) is 0 Å². The molecule has 0 radical (unpaired) electrons. The fourth-order valence-corrected chi connectivity index (χ4v) is 2.36. The molecular weight excluding hydrogens is 212 g/mol. The Morgan fingerprint density at radius 1 is 1.35 bits per heavy atom. The van der Waals surface area contributed by atoms with Crippen LogP contribution in [0.5, 0.6) is 0 Å². The summed E-state index contributed by atoms with van der Waals surface area (Å²) < 4.78 is 0. The molecule has 0 unspecified atom stereocenters. The summed E-state index contributed by atoms with van der Waals surface area (Å²) in [7, 11) is 2.21. The van der Waals surface area contributed by atoms with Crippen molar-refractivity contribution in [2.75, 3.05) is 33.2 Å². The Balaban J connectivity index is 1.68. The second-order valence-corrected chi connectivity index (χ2v) is 4.90. The highest BCUT2D eigenvalue weighted by Gasteiger charge is 2.14. The van der Waals surface area contributed by atoms with Crippen molar-refractivity contribution >= 4 is 0 Å². The van der Waals surface area contributed by atoms with Gasteiger partial charge in [-0.25, -0.2) is 0 Å². The van der Waals surface area contributed by atoms with Gasteiger partial charge in [0.25, 0.3) is 0 Å². The molecule has 0 bridgehead atoms. The fourth-order valence-electron chi connectivity index (χ4n) is 2.36. The van der Waals surface area contributed by atoms with Gasteiger partial charge in [0.15, 0.2) is 0 Å². The van der Waals surface area contributed by atoms with E-state index < -0.39 is 0 Å². The minimum absolute atomic E-state index is 0.864. The lowest BCUT2D eigenvalue weighted by atomic mass is 9.98. The zero-order chi connectivity index (χ0) is 11.9. The minimum Gasteiger partial charge on any atom is -0.317 e. The van der Waals surface area contributed by atoms with E-state index in [2.05, 4.69) is 27.2 Å². The van der Waals surface area contributed by atoms with Gasteiger partial charge in [0, 0.05) is 38.1 Å². The summed E-state index contributed by atoms with van der Waals surface area (Å²) >= 11 is 0. The molecule has 1 aliphatic heterocycles. The molecule has 2 heterocycles. The maximum Gasteiger partial charge on any atom is 0.0599 e. The Bertz CT molecular complexity index is 308. The Hall–Kier alpha value is -1.00. The molecule has 0 aromatic carbocycles. The molecule has 1 N–H and O–H groups in total. The Morgan fingerprint density at radius 3 is 2.88 bits per heavy atom. The van der Waals surface area contributed by atoms with E-state index in [0.29, 0.717) is 0 Å². The van der Waals surface area contributed by atoms with Gasteiger partial charge in [0.05, 0.1) is 5.69 Å². The molecule has 1 fully saturated rings. The van der Waals surface area contributed by atoms with Crippen molar-refractivity contribution in [1.29, 1.82) is 0 Å². The van der Waals surface area contributed by atoms with Crippen LogP contribution in [-0.4, -0.2) is 48.1 Å². The van der Waals surface area contributed by atoms with E-state index in [1.807, 2.05) is 6.20 Å². The van der Waals surface area contributed by atoms with Gasteiger partial charge in [-0.3, -0.25) is 9.97 Å². The maximum absolute atomic E-state index is 4.30. The molecule has 0 aliphatic carbocycles. The molecule has 0 atom stereocenters. The van der Waals surface area contributed by atoms with Gasteiger partial charge >= 0.3 is 0 Å². The monoisotopic (exact) mass is 234 g/mol. The van der Waals surface area contributed by atoms with E-state index in [9.17, 15) is 0 Å². The van der Waals surface area contributed by atoms with E-state index in [0.717, 1.165) is 24.6 Å². The predicted octanol–water partition coefficient (Wildman–Crippen LogP) is 0.951. The summed E-state index contributed by atoms with van der Waals surface area (Å²) in [5, 5.41) is 3.41. The topological polar surface area (TPSA) is 41.1 Å². The molecule has 1 aromatic rings. The van der Waals surface area contributed by atoms with Crippen LogP contribution in [0.2, 0.25) is 0 Å². The van der Waals surface area contributed by atoms with Gasteiger partial charge in [-0.2, -0.15) is 0 Å². The molecule has 0 spiro atoms. The summed E-state index contributed by atoms with van der Waals surface area (Å²) in [5.74, 6) is 0.864. The summed E-state index contributed by atoms with van der Waals surface area (Å²) in [6, 6.07) is 0. The lowest BCUT2D eigenvalue weighted by Crippen LogP contribution is -2.35. The Morgan fingerprint density at radius 2 is 2.18 bits per heavy atom. The standard InChI is InChI=1S/C13H22N4/c1-17(11-12-2-5-14-6-3-12)9-4-13-10-15-7-8-16-13/h7-8,10,12,14H,2-6,9,11H2,1H3. The van der Waals surface area contributed by atoms with Gasteiger partial charge in [-0.15, -0.1) is 0 Å². The first-order valence-corrected chi connectivity index (χ1v) is 6.49. The van der Waals surface area contributed by atoms with Crippen LogP contribution in [0.15, 0.2) is 18.6 Å². The molecule has 4 heteroatoms. The van der Waals surface area contributed by atoms with E-state index in [4.69, 9.17) is 0 Å². The molecule has 94 valence electrons. The first kappa shape index (κ1) is 12.5. The summed E-state index contributed by atoms with van der Waals surface area (Å²) in [4.78, 5) is 10.8. The average molecular weight is 234 g/mol. The van der Waals surface area contributed by atoms with Crippen molar-refractivity contribution in [2.24, 2.45) is 5.92 Å². The molecule has 4 nitrogen and oxygen atoms in total. The molecular formula is C13H22N4.